The molecule has 2 aromatic heterocycles. The molecule has 1 saturated heterocycles. The molecule has 0 saturated carbocycles. The molecule has 1 fully saturated rings. The van der Waals surface area contributed by atoms with Crippen molar-refractivity contribution in [3.05, 3.63) is 76.1 Å². The quantitative estimate of drug-likeness (QED) is 0.168. The molecule has 0 spiro atoms. The lowest BCUT2D eigenvalue weighted by Gasteiger charge is -2.49. The molecule has 18 heteroatoms. The highest BCUT2D eigenvalue weighted by Gasteiger charge is 2.54. The van der Waals surface area contributed by atoms with E-state index in [0.717, 1.165) is 10.9 Å². The summed E-state index contributed by atoms with van der Waals surface area (Å²) < 4.78 is 2.29. The highest BCUT2D eigenvalue weighted by Crippen LogP contribution is 2.41. The molecule has 3 amide bonds. The normalized spacial score (nSPS) is 18.5. The first kappa shape index (κ1) is 28.8. The molecule has 3 aromatic rings. The minimum Gasteiger partial charge on any atom is -0.477 e. The van der Waals surface area contributed by atoms with Crippen LogP contribution in [0.2, 0.25) is 0 Å². The van der Waals surface area contributed by atoms with Gasteiger partial charge in [0.05, 0.1) is 12.4 Å². The van der Waals surface area contributed by atoms with Crippen molar-refractivity contribution in [2.45, 2.75) is 22.6 Å². The van der Waals surface area contributed by atoms with Gasteiger partial charge in [-0.05, 0) is 21.6 Å². The number of nitrogens with zero attached hydrogens (tertiary/aromatic N) is 7. The van der Waals surface area contributed by atoms with E-state index < -0.39 is 53.3 Å². The molecule has 0 aliphatic carbocycles. The Kier molecular flexibility index (Phi) is 8.53. The van der Waals surface area contributed by atoms with Crippen molar-refractivity contribution in [2.75, 3.05) is 18.1 Å². The first-order valence-corrected chi connectivity index (χ1v) is 14.3. The van der Waals surface area contributed by atoms with E-state index in [2.05, 4.69) is 31.1 Å². The molecule has 0 bridgehead atoms. The number of aliphatic carboxylic acids is 1. The van der Waals surface area contributed by atoms with Gasteiger partial charge in [0.1, 0.15) is 23.2 Å². The van der Waals surface area contributed by atoms with Crippen LogP contribution in [0, 0.1) is 0 Å². The third kappa shape index (κ3) is 5.98. The second kappa shape index (κ2) is 12.4. The topological polar surface area (TPSA) is 204 Å². The first-order chi connectivity index (χ1) is 20.2. The molecular weight excluding hydrogens is 590 g/mol. The van der Waals surface area contributed by atoms with Crippen molar-refractivity contribution in [1.29, 1.82) is 0 Å². The number of thioether (sulfide) groups is 2. The van der Waals surface area contributed by atoms with Crippen LogP contribution in [0.5, 0.6) is 0 Å². The van der Waals surface area contributed by atoms with Crippen molar-refractivity contribution in [3.63, 3.8) is 0 Å². The molecule has 1 aromatic carbocycles. The van der Waals surface area contributed by atoms with E-state index in [4.69, 9.17) is 4.84 Å². The maximum absolute atomic E-state index is 13.4. The number of carbonyl (C=O) groups excluding carboxylic acids is 3. The van der Waals surface area contributed by atoms with E-state index in [1.165, 1.54) is 45.5 Å². The Labute approximate surface area is 245 Å². The number of carboxylic acid groups (broad SMARTS) is 1. The molecule has 2 aliphatic heterocycles. The Bertz CT molecular complexity index is 1610. The minimum absolute atomic E-state index is 0.131. The van der Waals surface area contributed by atoms with Crippen molar-refractivity contribution >= 4 is 47.2 Å². The lowest BCUT2D eigenvalue weighted by Crippen LogP contribution is -2.71. The molecule has 16 nitrogen and oxygen atoms in total. The van der Waals surface area contributed by atoms with E-state index in [-0.39, 0.29) is 11.4 Å². The molecule has 3 atom stereocenters. The molecule has 4 heterocycles. The van der Waals surface area contributed by atoms with Gasteiger partial charge < -0.3 is 20.6 Å². The number of nitrogens with one attached hydrogen (secondary N) is 2. The van der Waals surface area contributed by atoms with E-state index in [1.54, 1.807) is 37.4 Å². The van der Waals surface area contributed by atoms with Crippen LogP contribution in [0.3, 0.4) is 0 Å². The molecule has 2 unspecified atom stereocenters. The fourth-order valence-electron chi connectivity index (χ4n) is 4.25. The van der Waals surface area contributed by atoms with Gasteiger partial charge in [-0.1, -0.05) is 42.1 Å². The summed E-state index contributed by atoms with van der Waals surface area (Å²) >= 11 is 2.56. The zero-order valence-electron chi connectivity index (χ0n) is 21.8. The van der Waals surface area contributed by atoms with Gasteiger partial charge in [0, 0.05) is 24.8 Å². The van der Waals surface area contributed by atoms with E-state index >= 15 is 0 Å². The third-order valence-electron chi connectivity index (χ3n) is 6.23. The fourth-order valence-corrected chi connectivity index (χ4v) is 6.58. The standard InChI is InChI=1S/C24H23N9O7S2/c1-31-24(28-29-30-31)42-12-14-11-41-22-18(21(37)33(22)19(14)23(38)39)27-20(36)17(13-5-3-2-4-6-13)26-15(34)10-40-32-8-7-25-9-16(32)35/h2-9,17-18,22H,10-12H2,1H3,(H,26,34)(H,27,36)(H,38,39)/t17?,18?,22-/m0/s1. The van der Waals surface area contributed by atoms with Crippen LogP contribution in [-0.2, 0) is 26.2 Å². The molecule has 5 rings (SSSR count). The van der Waals surface area contributed by atoms with Crippen LogP contribution in [0.25, 0.3) is 0 Å². The Balaban J connectivity index is 1.27. The smallest absolute Gasteiger partial charge is 0.352 e. The first-order valence-electron chi connectivity index (χ1n) is 12.3. The Morgan fingerprint density at radius 2 is 2.02 bits per heavy atom. The second-order valence-electron chi connectivity index (χ2n) is 8.95. The lowest BCUT2D eigenvalue weighted by atomic mass is 10.0. The average Bonchev–Trinajstić information content (AvgIpc) is 3.41. The van der Waals surface area contributed by atoms with E-state index in [1.807, 2.05) is 0 Å². The highest BCUT2D eigenvalue weighted by atomic mass is 32.2. The van der Waals surface area contributed by atoms with Crippen LogP contribution in [-0.4, -0.2) is 93.1 Å². The monoisotopic (exact) mass is 613 g/mol. The largest absolute Gasteiger partial charge is 0.477 e. The molecule has 42 heavy (non-hydrogen) atoms. The van der Waals surface area contributed by atoms with Crippen LogP contribution in [0.15, 0.2) is 70.1 Å². The minimum atomic E-state index is -1.26. The van der Waals surface area contributed by atoms with Crippen LogP contribution < -0.4 is 21.0 Å². The Hall–Kier alpha value is -4.71. The fraction of sp³-hybridized carbons (Fsp3) is 0.292. The number of aromatic nitrogens is 6. The van der Waals surface area contributed by atoms with Gasteiger partial charge in [-0.2, -0.15) is 0 Å². The van der Waals surface area contributed by atoms with Gasteiger partial charge in [0.25, 0.3) is 11.8 Å². The number of aryl methyl sites for hydroxylation is 1. The number of tetrazole rings is 1. The number of carbonyl (C=O) groups is 4. The molecule has 0 radical (unpaired) electrons. The van der Waals surface area contributed by atoms with E-state index in [0.29, 0.717) is 22.0 Å². The number of hydrogen-bond donors (Lipinski definition) is 3. The Morgan fingerprint density at radius 3 is 2.71 bits per heavy atom. The molecule has 3 N–H and O–H groups in total. The maximum atomic E-state index is 13.4. The van der Waals surface area contributed by atoms with Gasteiger partial charge >= 0.3 is 11.5 Å². The van der Waals surface area contributed by atoms with Crippen molar-refractivity contribution in [2.24, 2.45) is 7.05 Å². The number of hydrogen-bond acceptors (Lipinski definition) is 12. The van der Waals surface area contributed by atoms with Crippen LogP contribution >= 0.6 is 23.5 Å². The van der Waals surface area contributed by atoms with Gasteiger partial charge in [-0.15, -0.1) is 21.6 Å². The predicted molar refractivity (Wildman–Crippen MR) is 146 cm³/mol. The summed E-state index contributed by atoms with van der Waals surface area (Å²) in [6, 6.07) is 6.15. The lowest BCUT2D eigenvalue weighted by molar-refractivity contribution is -0.151. The summed E-state index contributed by atoms with van der Waals surface area (Å²) in [6.07, 6.45) is 3.57. The van der Waals surface area contributed by atoms with E-state index in [9.17, 15) is 29.1 Å². The molecular formula is C24H23N9O7S2. The van der Waals surface area contributed by atoms with Gasteiger partial charge in [-0.25, -0.2) is 9.48 Å². The summed E-state index contributed by atoms with van der Waals surface area (Å²) in [6.45, 7) is -0.576. The van der Waals surface area contributed by atoms with Crippen molar-refractivity contribution in [3.8, 4) is 0 Å². The van der Waals surface area contributed by atoms with Gasteiger partial charge in [-0.3, -0.25) is 29.1 Å². The summed E-state index contributed by atoms with van der Waals surface area (Å²) in [5.41, 5.74) is 0.252. The zero-order chi connectivity index (χ0) is 29.8. The van der Waals surface area contributed by atoms with Gasteiger partial charge in [0.15, 0.2) is 6.61 Å². The summed E-state index contributed by atoms with van der Waals surface area (Å²) in [4.78, 5) is 73.2. The number of fused-ring (bicyclic) bond motifs is 1. The summed E-state index contributed by atoms with van der Waals surface area (Å²) in [5.74, 6) is -2.65. The summed E-state index contributed by atoms with van der Waals surface area (Å²) in [7, 11) is 1.66. The van der Waals surface area contributed by atoms with Crippen LogP contribution in [0.4, 0.5) is 0 Å². The van der Waals surface area contributed by atoms with Crippen LogP contribution in [0.1, 0.15) is 11.6 Å². The molecule has 218 valence electrons. The number of rotatable bonds is 11. The SMILES string of the molecule is Cn1nnnc1SCC1=C(C(=O)O)N2C(=O)C(NC(=O)C(NC(=O)COn3ccncc3=O)c3ccccc3)[C@@H]2SC1. The number of amides is 3. The number of carboxylic acids is 1. The number of benzene rings is 1. The average molecular weight is 614 g/mol. The second-order valence-corrected chi connectivity index (χ2v) is 11.0. The highest BCUT2D eigenvalue weighted by molar-refractivity contribution is 8.01. The predicted octanol–water partition coefficient (Wildman–Crippen LogP) is -1.42. The number of β-lactam (4-membered cyclic amide) rings is 1. The summed E-state index contributed by atoms with van der Waals surface area (Å²) in [5, 5.41) is 26.2. The zero-order valence-corrected chi connectivity index (χ0v) is 23.4. The third-order valence-corrected chi connectivity index (χ3v) is 8.67. The molecule has 2 aliphatic rings. The van der Waals surface area contributed by atoms with Gasteiger partial charge in [0.2, 0.25) is 11.1 Å². The van der Waals surface area contributed by atoms with Crippen molar-refractivity contribution < 1.29 is 29.1 Å². The van der Waals surface area contributed by atoms with Crippen molar-refractivity contribution in [1.82, 2.24) is 45.5 Å². The maximum Gasteiger partial charge on any atom is 0.352 e. The Morgan fingerprint density at radius 1 is 1.24 bits per heavy atom.